The first-order valence-corrected chi connectivity index (χ1v) is 14.2. The van der Waals surface area contributed by atoms with Crippen LogP contribution in [0.1, 0.15) is 5.56 Å². The molecule has 6 aromatic carbocycles. The second-order valence-electron chi connectivity index (χ2n) is 10.1. The molecule has 3 heteroatoms. The maximum Gasteiger partial charge on any atom is 0.143 e. The molecule has 40 heavy (non-hydrogen) atoms. The molecule has 8 rings (SSSR count). The van der Waals surface area contributed by atoms with Gasteiger partial charge in [-0.25, -0.2) is 0 Å². The molecule has 188 valence electrons. The van der Waals surface area contributed by atoms with Crippen molar-refractivity contribution in [2.45, 2.75) is 0 Å². The maximum absolute atomic E-state index is 8.29. The molecule has 0 saturated heterocycles. The maximum atomic E-state index is 8.29. The first-order valence-electron chi connectivity index (χ1n) is 13.4. The van der Waals surface area contributed by atoms with Crippen molar-refractivity contribution >= 4 is 59.7 Å². The zero-order valence-electron chi connectivity index (χ0n) is 21.5. The van der Waals surface area contributed by atoms with Crippen LogP contribution in [0.25, 0.3) is 75.5 Å². The van der Waals surface area contributed by atoms with E-state index < -0.39 is 0 Å². The van der Waals surface area contributed by atoms with Crippen LogP contribution < -0.4 is 0 Å². The van der Waals surface area contributed by atoms with Crippen LogP contribution in [0, 0.1) is 5.41 Å². The van der Waals surface area contributed by atoms with E-state index in [2.05, 4.69) is 115 Å². The van der Waals surface area contributed by atoms with E-state index in [4.69, 9.17) is 9.83 Å². The number of furan rings is 1. The smallest absolute Gasteiger partial charge is 0.143 e. The quantitative estimate of drug-likeness (QED) is 0.226. The van der Waals surface area contributed by atoms with E-state index in [1.165, 1.54) is 26.4 Å². The number of fused-ring (bicyclic) bond motifs is 6. The Morgan fingerprint density at radius 3 is 2.05 bits per heavy atom. The number of hydrogen-bond acceptors (Lipinski definition) is 3. The van der Waals surface area contributed by atoms with Gasteiger partial charge < -0.3 is 9.83 Å². The van der Waals surface area contributed by atoms with Gasteiger partial charge in [0.05, 0.1) is 0 Å². The third-order valence-electron chi connectivity index (χ3n) is 7.79. The largest absolute Gasteiger partial charge is 0.455 e. The van der Waals surface area contributed by atoms with Crippen LogP contribution in [0.3, 0.4) is 0 Å². The fraction of sp³-hybridized carbons (Fsp3) is 0. The molecule has 0 amide bonds. The topological polar surface area (TPSA) is 37.0 Å². The molecular weight excluding hydrogens is 506 g/mol. The highest BCUT2D eigenvalue weighted by molar-refractivity contribution is 7.26. The summed E-state index contributed by atoms with van der Waals surface area (Å²) >= 11 is 1.82. The van der Waals surface area contributed by atoms with E-state index in [-0.39, 0.29) is 0 Å². The SMILES string of the molecule is N=Cc1ccc(-c2cccc3c2sc2ccccc23)c2oc3c(-c4ccccc4)cc(-c4ccccc4)cc3c12. The van der Waals surface area contributed by atoms with Gasteiger partial charge in [0.15, 0.2) is 0 Å². The summed E-state index contributed by atoms with van der Waals surface area (Å²) < 4.78 is 9.41. The van der Waals surface area contributed by atoms with E-state index >= 15 is 0 Å². The van der Waals surface area contributed by atoms with Crippen LogP contribution in [-0.2, 0) is 0 Å². The second-order valence-corrected chi connectivity index (χ2v) is 11.1. The van der Waals surface area contributed by atoms with Crippen molar-refractivity contribution in [2.24, 2.45) is 0 Å². The van der Waals surface area contributed by atoms with E-state index in [1.807, 2.05) is 23.5 Å². The molecule has 0 aliphatic carbocycles. The molecule has 0 saturated carbocycles. The van der Waals surface area contributed by atoms with Gasteiger partial charge in [0.1, 0.15) is 11.2 Å². The Morgan fingerprint density at radius 1 is 0.525 bits per heavy atom. The van der Waals surface area contributed by atoms with Gasteiger partial charge in [-0.05, 0) is 41.0 Å². The fourth-order valence-corrected chi connectivity index (χ4v) is 7.16. The fourth-order valence-electron chi connectivity index (χ4n) is 5.93. The Labute approximate surface area is 235 Å². The van der Waals surface area contributed by atoms with Gasteiger partial charge in [-0.3, -0.25) is 0 Å². The lowest BCUT2D eigenvalue weighted by Gasteiger charge is -2.08. The van der Waals surface area contributed by atoms with Crippen LogP contribution in [-0.4, -0.2) is 6.21 Å². The molecular formula is C37H23NOS. The van der Waals surface area contributed by atoms with E-state index in [1.54, 1.807) is 0 Å². The summed E-state index contributed by atoms with van der Waals surface area (Å²) in [4.78, 5) is 0. The third-order valence-corrected chi connectivity index (χ3v) is 9.01. The standard InChI is InChI=1S/C37H23NOS/c38-22-25-18-19-28(30-16-9-15-29-27-14-7-8-17-33(27)40-37(29)30)36-34(25)32-21-26(23-10-3-1-4-11-23)20-31(35(32)39-36)24-12-5-2-6-13-24/h1-22,38H. The van der Waals surface area contributed by atoms with Gasteiger partial charge >= 0.3 is 0 Å². The van der Waals surface area contributed by atoms with Crippen molar-refractivity contribution in [1.82, 2.24) is 0 Å². The number of thiophene rings is 1. The Hall–Kier alpha value is -4.99. The van der Waals surface area contributed by atoms with Crippen molar-refractivity contribution in [3.05, 3.63) is 133 Å². The summed E-state index contributed by atoms with van der Waals surface area (Å²) in [6, 6.07) is 44.7. The molecule has 0 spiro atoms. The minimum atomic E-state index is 0.823. The van der Waals surface area contributed by atoms with Crippen LogP contribution in [0.5, 0.6) is 0 Å². The van der Waals surface area contributed by atoms with Crippen molar-refractivity contribution in [3.63, 3.8) is 0 Å². The Morgan fingerprint density at radius 2 is 1.25 bits per heavy atom. The first kappa shape index (κ1) is 22.9. The lowest BCUT2D eigenvalue weighted by molar-refractivity contribution is 0.671. The first-order chi connectivity index (χ1) is 19.8. The second kappa shape index (κ2) is 9.04. The summed E-state index contributed by atoms with van der Waals surface area (Å²) in [6.07, 6.45) is 1.44. The summed E-state index contributed by atoms with van der Waals surface area (Å²) in [6.45, 7) is 0. The summed E-state index contributed by atoms with van der Waals surface area (Å²) in [5.41, 5.74) is 9.16. The van der Waals surface area contributed by atoms with Gasteiger partial charge in [0, 0.05) is 59.4 Å². The molecule has 0 unspecified atom stereocenters. The number of hydrogen-bond donors (Lipinski definition) is 1. The molecule has 8 aromatic rings. The monoisotopic (exact) mass is 529 g/mol. The Bertz CT molecular complexity index is 2220. The molecule has 1 N–H and O–H groups in total. The van der Waals surface area contributed by atoms with Crippen LogP contribution in [0.4, 0.5) is 0 Å². The van der Waals surface area contributed by atoms with Gasteiger partial charge in [0.2, 0.25) is 0 Å². The molecule has 0 aliphatic heterocycles. The molecule has 0 bridgehead atoms. The lowest BCUT2D eigenvalue weighted by Crippen LogP contribution is -1.86. The predicted molar refractivity (Wildman–Crippen MR) is 171 cm³/mol. The molecule has 2 aromatic heterocycles. The zero-order valence-corrected chi connectivity index (χ0v) is 22.3. The van der Waals surface area contributed by atoms with E-state index in [9.17, 15) is 0 Å². The summed E-state index contributed by atoms with van der Waals surface area (Å²) in [5, 5.41) is 12.8. The van der Waals surface area contributed by atoms with Crippen molar-refractivity contribution in [1.29, 1.82) is 5.41 Å². The minimum Gasteiger partial charge on any atom is -0.455 e. The van der Waals surface area contributed by atoms with Crippen molar-refractivity contribution in [2.75, 3.05) is 0 Å². The normalized spacial score (nSPS) is 11.6. The highest BCUT2D eigenvalue weighted by atomic mass is 32.1. The van der Waals surface area contributed by atoms with Crippen LogP contribution in [0.2, 0.25) is 0 Å². The van der Waals surface area contributed by atoms with Crippen molar-refractivity contribution < 1.29 is 4.42 Å². The minimum absolute atomic E-state index is 0.823. The average Bonchev–Trinajstić information content (AvgIpc) is 3.60. The molecule has 0 fully saturated rings. The van der Waals surface area contributed by atoms with E-state index in [0.717, 1.165) is 60.9 Å². The zero-order chi connectivity index (χ0) is 26.6. The molecule has 2 heterocycles. The Balaban J connectivity index is 1.50. The summed E-state index contributed by atoms with van der Waals surface area (Å²) in [5.74, 6) is 0. The Kier molecular flexibility index (Phi) is 5.19. The number of benzene rings is 6. The van der Waals surface area contributed by atoms with Gasteiger partial charge in [-0.2, -0.15) is 0 Å². The third kappa shape index (κ3) is 3.45. The molecule has 0 radical (unpaired) electrons. The lowest BCUT2D eigenvalue weighted by atomic mass is 9.93. The van der Waals surface area contributed by atoms with Gasteiger partial charge in [-0.1, -0.05) is 103 Å². The number of rotatable bonds is 4. The highest BCUT2D eigenvalue weighted by Crippen LogP contribution is 2.46. The van der Waals surface area contributed by atoms with Gasteiger partial charge in [-0.15, -0.1) is 11.3 Å². The predicted octanol–water partition coefficient (Wildman–Crippen LogP) is 11.0. The summed E-state index contributed by atoms with van der Waals surface area (Å²) in [7, 11) is 0. The van der Waals surface area contributed by atoms with Gasteiger partial charge in [0.25, 0.3) is 0 Å². The average molecular weight is 530 g/mol. The number of nitrogens with one attached hydrogen (secondary N) is 1. The highest BCUT2D eigenvalue weighted by Gasteiger charge is 2.21. The molecule has 0 atom stereocenters. The van der Waals surface area contributed by atoms with Crippen LogP contribution in [0.15, 0.2) is 132 Å². The van der Waals surface area contributed by atoms with Crippen LogP contribution >= 0.6 is 11.3 Å². The van der Waals surface area contributed by atoms with E-state index in [0.29, 0.717) is 0 Å². The molecule has 0 aliphatic rings. The van der Waals surface area contributed by atoms with Crippen molar-refractivity contribution in [3.8, 4) is 33.4 Å². The molecule has 2 nitrogen and oxygen atoms in total.